The number of aliphatic hydroxyl groups excluding tert-OH is 1. The van der Waals surface area contributed by atoms with Crippen molar-refractivity contribution >= 4 is 40.6 Å². The Labute approximate surface area is 198 Å². The van der Waals surface area contributed by atoms with E-state index in [-0.39, 0.29) is 11.2 Å². The first kappa shape index (κ1) is 28.9. The van der Waals surface area contributed by atoms with E-state index in [4.69, 9.17) is 24.8 Å². The summed E-state index contributed by atoms with van der Waals surface area (Å²) in [5.41, 5.74) is -1.68. The number of rotatable bonds is 9. The molecule has 18 nitrogen and oxygen atoms in total. The number of aromatic nitrogens is 4. The minimum atomic E-state index is -5.89. The highest BCUT2D eigenvalue weighted by atomic mass is 31.3. The van der Waals surface area contributed by atoms with Crippen molar-refractivity contribution in [3.8, 4) is 0 Å². The van der Waals surface area contributed by atoms with Crippen LogP contribution in [-0.4, -0.2) is 74.4 Å². The highest BCUT2D eigenvalue weighted by Crippen LogP contribution is 2.67. The Morgan fingerprint density at radius 3 is 2.42 bits per heavy atom. The van der Waals surface area contributed by atoms with Gasteiger partial charge in [0.2, 0.25) is 11.6 Å². The van der Waals surface area contributed by atoms with E-state index in [1.165, 1.54) is 0 Å². The number of nitrogens with zero attached hydrogens (tertiary/aromatic N) is 3. The van der Waals surface area contributed by atoms with Gasteiger partial charge in [-0.15, -0.1) is 0 Å². The fourth-order valence-electron chi connectivity index (χ4n) is 3.47. The maximum atomic E-state index is 15.7. The molecule has 0 radical (unpaired) electrons. The molecule has 3 rings (SSSR count). The van der Waals surface area contributed by atoms with Gasteiger partial charge < -0.3 is 35.2 Å². The summed E-state index contributed by atoms with van der Waals surface area (Å²) in [6.45, 7) is -0.0699. The maximum absolute atomic E-state index is 15.7. The van der Waals surface area contributed by atoms with E-state index < -0.39 is 71.4 Å². The molecule has 3 unspecified atom stereocenters. The molecule has 3 heterocycles. The highest BCUT2D eigenvalue weighted by molar-refractivity contribution is 7.66. The van der Waals surface area contributed by atoms with Crippen molar-refractivity contribution in [2.45, 2.75) is 43.6 Å². The second-order valence-corrected chi connectivity index (χ2v) is 12.3. The summed E-state index contributed by atoms with van der Waals surface area (Å²) in [5.74, 6) is -0.415. The number of fused-ring (bicyclic) bond motifs is 1. The Hall–Kier alpha value is -1.66. The smallest absolute Gasteiger partial charge is 0.387 e. The van der Waals surface area contributed by atoms with Gasteiger partial charge in [0.1, 0.15) is 24.5 Å². The van der Waals surface area contributed by atoms with Gasteiger partial charge in [-0.1, -0.05) is 0 Å². The number of imidazole rings is 1. The van der Waals surface area contributed by atoms with Gasteiger partial charge >= 0.3 is 23.5 Å². The summed E-state index contributed by atoms with van der Waals surface area (Å²) in [4.78, 5) is 58.0. The Kier molecular flexibility index (Phi) is 7.44. The number of phosphoric ester groups is 1. The fourth-order valence-corrected chi connectivity index (χ4v) is 6.81. The van der Waals surface area contributed by atoms with E-state index in [9.17, 15) is 37.8 Å². The van der Waals surface area contributed by atoms with Gasteiger partial charge in [0.25, 0.3) is 5.56 Å². The Bertz CT molecular complexity index is 1360. The molecule has 0 bridgehead atoms. The van der Waals surface area contributed by atoms with E-state index in [2.05, 4.69) is 23.6 Å². The lowest BCUT2D eigenvalue weighted by molar-refractivity contribution is -0.118. The van der Waals surface area contributed by atoms with E-state index in [0.29, 0.717) is 0 Å². The average molecular weight is 585 g/mol. The van der Waals surface area contributed by atoms with E-state index in [1.807, 2.05) is 0 Å². The van der Waals surface area contributed by atoms with E-state index in [1.54, 1.807) is 0 Å². The van der Waals surface area contributed by atoms with Crippen molar-refractivity contribution in [2.75, 3.05) is 12.4 Å². The molecule has 1 fully saturated rings. The van der Waals surface area contributed by atoms with Crippen LogP contribution in [0.2, 0.25) is 0 Å². The van der Waals surface area contributed by atoms with Gasteiger partial charge in [-0.3, -0.25) is 18.9 Å². The van der Waals surface area contributed by atoms with Crippen LogP contribution < -0.4 is 11.3 Å². The van der Waals surface area contributed by atoms with Gasteiger partial charge in [0.15, 0.2) is 17.4 Å². The average Bonchev–Trinajstić information content (AvgIpc) is 3.17. The molecule has 1 aliphatic rings. The topological polar surface area (TPSA) is 279 Å². The molecule has 2 aromatic heterocycles. The lowest BCUT2D eigenvalue weighted by Gasteiger charge is -2.34. The Morgan fingerprint density at radius 1 is 1.25 bits per heavy atom. The van der Waals surface area contributed by atoms with Gasteiger partial charge in [0, 0.05) is 0 Å². The van der Waals surface area contributed by atoms with Crippen LogP contribution in [0.25, 0.3) is 11.2 Å². The molecule has 0 aromatic carbocycles. The number of aromatic amines is 1. The first-order valence-corrected chi connectivity index (χ1v) is 13.9. The number of H-pyrrole nitrogens is 1. The Balaban J connectivity index is 1.94. The summed E-state index contributed by atoms with van der Waals surface area (Å²) < 4.78 is 82.3. The molecule has 0 amide bonds. The van der Waals surface area contributed by atoms with Crippen molar-refractivity contribution in [1.82, 2.24) is 19.5 Å². The molecule has 2 aromatic rings. The fraction of sp³-hybridized carbons (Fsp3) is 0.615. The predicted octanol–water partition coefficient (Wildman–Crippen LogP) is -0.240. The van der Waals surface area contributed by atoms with Gasteiger partial charge in [0.05, 0.1) is 6.33 Å². The van der Waals surface area contributed by atoms with Gasteiger partial charge in [-0.05, 0) is 13.8 Å². The minimum Gasteiger partial charge on any atom is -0.387 e. The van der Waals surface area contributed by atoms with Crippen molar-refractivity contribution in [3.05, 3.63) is 16.7 Å². The monoisotopic (exact) mass is 585 g/mol. The number of nitrogens with one attached hydrogen (secondary N) is 1. The molecule has 23 heteroatoms. The van der Waals surface area contributed by atoms with Gasteiger partial charge in [-0.2, -0.15) is 13.6 Å². The second kappa shape index (κ2) is 9.27. The Morgan fingerprint density at radius 2 is 1.86 bits per heavy atom. The number of nitrogen functional groups attached to an aromatic ring is 1. The molecule has 1 aliphatic heterocycles. The third-order valence-electron chi connectivity index (χ3n) is 4.82. The van der Waals surface area contributed by atoms with Crippen LogP contribution in [0.1, 0.15) is 20.1 Å². The summed E-state index contributed by atoms with van der Waals surface area (Å²) in [6, 6.07) is 0. The highest BCUT2D eigenvalue weighted by Gasteiger charge is 2.63. The minimum absolute atomic E-state index is 0.348. The number of hydrogen-bond donors (Lipinski definition) is 7. The molecular formula is C13H20F2N5O13P3. The van der Waals surface area contributed by atoms with Crippen LogP contribution in [0.15, 0.2) is 11.1 Å². The molecule has 204 valence electrons. The number of alkyl halides is 2. The van der Waals surface area contributed by atoms with Crippen LogP contribution >= 0.6 is 23.5 Å². The number of halogens is 2. The summed E-state index contributed by atoms with van der Waals surface area (Å²) in [5, 5.41) is 10.6. The summed E-state index contributed by atoms with van der Waals surface area (Å²) >= 11 is 0. The standard InChI is InChI=1S/C13H20F2N5O13P3/c1-12(2,31-35(26,27)33-36(28,29)32-34(23,24)25)7-6(21)13(15,3-14)10(30-7)20-4-17-5-8(20)18-11(16)19-9(5)22/h4,6-7,10,21H,3H2,1-2H3,(H,26,27)(H,28,29)(H2,23,24,25)(H3,16,18,19,22)/t6-,7-,10+,13?/m0/s1. The molecular weight excluding hydrogens is 565 g/mol. The molecule has 0 aliphatic carbocycles. The largest absolute Gasteiger partial charge is 0.490 e. The van der Waals surface area contributed by atoms with Crippen molar-refractivity contribution in [3.63, 3.8) is 0 Å². The number of ether oxygens (including phenoxy) is 1. The van der Waals surface area contributed by atoms with Crippen LogP contribution in [-0.2, 0) is 31.6 Å². The van der Waals surface area contributed by atoms with Crippen LogP contribution in [0.4, 0.5) is 14.7 Å². The number of aliphatic hydroxyl groups is 1. The van der Waals surface area contributed by atoms with Crippen LogP contribution in [0.5, 0.6) is 0 Å². The van der Waals surface area contributed by atoms with Crippen LogP contribution in [0, 0.1) is 0 Å². The van der Waals surface area contributed by atoms with Gasteiger partial charge in [-0.25, -0.2) is 27.5 Å². The number of phosphoric acid groups is 3. The zero-order chi connectivity index (χ0) is 27.5. The molecule has 6 atom stereocenters. The molecule has 8 N–H and O–H groups in total. The lowest BCUT2D eigenvalue weighted by Crippen LogP contribution is -2.50. The predicted molar refractivity (Wildman–Crippen MR) is 111 cm³/mol. The first-order valence-electron chi connectivity index (χ1n) is 9.37. The van der Waals surface area contributed by atoms with E-state index >= 15 is 4.39 Å². The SMILES string of the molecule is CC(C)(OP(=O)(O)OP(=O)(O)OP(=O)(O)O)[C@H]1O[C@@H](n2cnc3c(=O)[nH]c(N)nc32)C(F)(CF)[C@H]1O. The quantitative estimate of drug-likeness (QED) is 0.187. The maximum Gasteiger partial charge on any atom is 0.490 e. The molecule has 0 spiro atoms. The zero-order valence-electron chi connectivity index (χ0n) is 18.0. The summed E-state index contributed by atoms with van der Waals surface area (Å²) in [7, 11) is -17.3. The van der Waals surface area contributed by atoms with Crippen molar-refractivity contribution in [2.24, 2.45) is 0 Å². The normalized spacial score (nSPS) is 28.8. The van der Waals surface area contributed by atoms with E-state index in [0.717, 1.165) is 24.7 Å². The zero-order valence-corrected chi connectivity index (χ0v) is 20.7. The second-order valence-electron chi connectivity index (χ2n) is 7.98. The molecule has 0 saturated carbocycles. The number of anilines is 1. The molecule has 36 heavy (non-hydrogen) atoms. The third kappa shape index (κ3) is 5.75. The first-order chi connectivity index (χ1) is 16.2. The summed E-state index contributed by atoms with van der Waals surface area (Å²) in [6.07, 6.45) is -5.70. The lowest BCUT2D eigenvalue weighted by atomic mass is 9.89. The number of nitrogens with two attached hydrogens (primary N) is 1. The van der Waals surface area contributed by atoms with Crippen molar-refractivity contribution in [1.29, 1.82) is 0 Å². The number of hydrogen-bond acceptors (Lipinski definition) is 12. The van der Waals surface area contributed by atoms with Crippen molar-refractivity contribution < 1.29 is 65.0 Å². The molecule has 1 saturated heterocycles. The van der Waals surface area contributed by atoms with Crippen LogP contribution in [0.3, 0.4) is 0 Å². The third-order valence-corrected chi connectivity index (χ3v) is 8.85.